The minimum atomic E-state index is -4.37. The van der Waals surface area contributed by atoms with Gasteiger partial charge in [0.1, 0.15) is 5.82 Å². The minimum absolute atomic E-state index is 0.0167. The second-order valence-corrected chi connectivity index (χ2v) is 17.4. The van der Waals surface area contributed by atoms with E-state index in [-0.39, 0.29) is 58.2 Å². The maximum absolute atomic E-state index is 13.1. The summed E-state index contributed by atoms with van der Waals surface area (Å²) in [4.78, 5) is 19.0. The van der Waals surface area contributed by atoms with Crippen LogP contribution in [0.2, 0.25) is 0 Å². The highest BCUT2D eigenvalue weighted by Gasteiger charge is 2.65. The molecule has 2 heterocycles. The van der Waals surface area contributed by atoms with Crippen molar-refractivity contribution in [2.45, 2.75) is 96.2 Å². The average Bonchev–Trinajstić information content (AvgIpc) is 3.41. The number of ether oxygens (including phenoxy) is 2. The summed E-state index contributed by atoms with van der Waals surface area (Å²) >= 11 is 0. The number of aliphatic hydroxyl groups excluding tert-OH is 2. The van der Waals surface area contributed by atoms with Crippen LogP contribution in [-0.4, -0.2) is 79.7 Å². The predicted molar refractivity (Wildman–Crippen MR) is 174 cm³/mol. The summed E-state index contributed by atoms with van der Waals surface area (Å²) in [6.45, 7) is 11.6. The number of esters is 1. The van der Waals surface area contributed by atoms with Crippen LogP contribution in [0.15, 0.2) is 23.2 Å². The lowest BCUT2D eigenvalue weighted by Gasteiger charge is -2.64. The van der Waals surface area contributed by atoms with Crippen molar-refractivity contribution < 1.29 is 32.9 Å². The minimum Gasteiger partial charge on any atom is -0.460 e. The molecule has 0 spiro atoms. The number of pyridine rings is 1. The lowest BCUT2D eigenvalue weighted by atomic mass is 9.41. The van der Waals surface area contributed by atoms with Crippen molar-refractivity contribution in [1.82, 2.24) is 4.98 Å². The van der Waals surface area contributed by atoms with Crippen LogP contribution < -0.4 is 4.90 Å². The summed E-state index contributed by atoms with van der Waals surface area (Å²) in [5.74, 6) is 1.31. The molecule has 46 heavy (non-hydrogen) atoms. The largest absolute Gasteiger partial charge is 0.460 e. The Bertz CT molecular complexity index is 1400. The molecule has 0 amide bonds. The van der Waals surface area contributed by atoms with Crippen LogP contribution in [-0.2, 0) is 24.1 Å². The molecule has 1 saturated heterocycles. The molecule has 4 aliphatic carbocycles. The molecule has 256 valence electrons. The van der Waals surface area contributed by atoms with Crippen molar-refractivity contribution in [3.05, 3.63) is 18.3 Å². The number of hydrogen-bond acceptors (Lipinski definition) is 10. The lowest BCUT2D eigenvalue weighted by molar-refractivity contribution is -0.203. The molecule has 6 rings (SSSR count). The van der Waals surface area contributed by atoms with Gasteiger partial charge < -0.3 is 24.6 Å². The first kappa shape index (κ1) is 33.8. The number of carbonyl (C=O) groups excluding carboxylic acids is 1. The Balaban J connectivity index is 1.10. The zero-order valence-corrected chi connectivity index (χ0v) is 28.7. The van der Waals surface area contributed by atoms with E-state index in [1.54, 1.807) is 6.07 Å². The number of carbonyl (C=O) groups is 1. The van der Waals surface area contributed by atoms with Crippen molar-refractivity contribution in [1.29, 1.82) is 5.41 Å². The van der Waals surface area contributed by atoms with Crippen molar-refractivity contribution in [2.75, 3.05) is 37.8 Å². The van der Waals surface area contributed by atoms with Crippen LogP contribution in [0, 0.1) is 57.7 Å². The average molecular weight is 660 g/mol. The summed E-state index contributed by atoms with van der Waals surface area (Å²) in [6.07, 6.45) is 8.23. The molecule has 10 nitrogen and oxygen atoms in total. The molecular weight excluding hydrogens is 606 g/mol. The Morgan fingerprint density at radius 3 is 2.46 bits per heavy atom. The van der Waals surface area contributed by atoms with E-state index < -0.39 is 20.9 Å². The lowest BCUT2D eigenvalue weighted by Crippen LogP contribution is -2.62. The van der Waals surface area contributed by atoms with Crippen molar-refractivity contribution in [3.63, 3.8) is 0 Å². The number of aromatic nitrogens is 1. The van der Waals surface area contributed by atoms with Crippen LogP contribution in [0.25, 0.3) is 0 Å². The van der Waals surface area contributed by atoms with E-state index in [4.69, 9.17) is 14.9 Å². The number of aliphatic hydroxyl groups is 2. The van der Waals surface area contributed by atoms with Crippen molar-refractivity contribution in [2.24, 2.45) is 52.3 Å². The fourth-order valence-electron chi connectivity index (χ4n) is 11.1. The summed E-state index contributed by atoms with van der Waals surface area (Å²) in [6, 6.07) is 2.98. The molecule has 11 atom stereocenters. The van der Waals surface area contributed by atoms with E-state index in [1.807, 2.05) is 4.90 Å². The number of sulfone groups is 1. The molecule has 4 saturated carbocycles. The Hall–Kier alpha value is -2.08. The van der Waals surface area contributed by atoms with Gasteiger partial charge >= 0.3 is 5.97 Å². The fraction of sp³-hybridized carbons (Fsp3) is 0.800. The number of morpholine rings is 1. The third-order valence-electron chi connectivity index (χ3n) is 13.4. The van der Waals surface area contributed by atoms with Crippen LogP contribution in [0.4, 0.5) is 5.82 Å². The number of rotatable bonds is 6. The summed E-state index contributed by atoms with van der Waals surface area (Å²) in [5.41, 5.74) is 0.117. The predicted octanol–water partition coefficient (Wildman–Crippen LogP) is 4.48. The van der Waals surface area contributed by atoms with Crippen LogP contribution >= 0.6 is 0 Å². The Morgan fingerprint density at radius 2 is 1.78 bits per heavy atom. The summed E-state index contributed by atoms with van der Waals surface area (Å²) < 4.78 is 37.1. The highest BCUT2D eigenvalue weighted by molar-refractivity contribution is 8.08. The quantitative estimate of drug-likeness (QED) is 0.228. The van der Waals surface area contributed by atoms with E-state index in [0.29, 0.717) is 49.9 Å². The normalized spacial score (nSPS) is 39.9. The molecule has 7 unspecified atom stereocenters. The van der Waals surface area contributed by atoms with Crippen LogP contribution in [0.5, 0.6) is 0 Å². The number of nitrogens with zero attached hydrogens (tertiary/aromatic N) is 2. The van der Waals surface area contributed by atoms with Gasteiger partial charge in [0.25, 0.3) is 0 Å². The number of nitrogens with one attached hydrogen (secondary N) is 1. The van der Waals surface area contributed by atoms with Crippen molar-refractivity contribution in [3.8, 4) is 0 Å². The molecule has 1 aromatic rings. The second-order valence-electron chi connectivity index (χ2n) is 15.5. The highest BCUT2D eigenvalue weighted by atomic mass is 32.2. The molecular formula is C35H53N3O7S. The highest BCUT2D eigenvalue weighted by Crippen LogP contribution is 2.69. The van der Waals surface area contributed by atoms with Gasteiger partial charge in [0, 0.05) is 19.3 Å². The van der Waals surface area contributed by atoms with Gasteiger partial charge in [0.05, 0.1) is 36.9 Å². The summed E-state index contributed by atoms with van der Waals surface area (Å²) in [7, 11) is -4.37. The van der Waals surface area contributed by atoms with Crippen LogP contribution in [0.3, 0.4) is 0 Å². The molecule has 1 aliphatic heterocycles. The molecule has 0 bridgehead atoms. The first-order chi connectivity index (χ1) is 21.8. The van der Waals surface area contributed by atoms with Gasteiger partial charge in [0.15, 0.2) is 0 Å². The standard InChI is InChI=1S/C35H53N3O7S/c1-5-24-28-18-22(39)10-12-35(28,4)27-11-13-34(3)25(7-8-26(34)30(27)31(24)40)21(2)20-45-33(41)32(36)46(42,43)23-6-9-29(37-19-23)38-14-16-44-17-15-38/h6,9,19,21-22,24-28,30-31,36,39-40H,5,7-8,10-18,20H2,1-4H3/t21-,22-,24-,25?,26?,27?,28?,30?,31-,34?,35?/m1/s1. The van der Waals surface area contributed by atoms with Gasteiger partial charge in [-0.2, -0.15) is 0 Å². The van der Waals surface area contributed by atoms with E-state index >= 15 is 0 Å². The van der Waals surface area contributed by atoms with E-state index in [1.165, 1.54) is 12.3 Å². The topological polar surface area (TPSA) is 150 Å². The van der Waals surface area contributed by atoms with Gasteiger partial charge in [-0.05, 0) is 109 Å². The Kier molecular flexibility index (Phi) is 9.37. The van der Waals surface area contributed by atoms with Gasteiger partial charge in [-0.3, -0.25) is 5.41 Å². The first-order valence-corrected chi connectivity index (χ1v) is 19.0. The fourth-order valence-corrected chi connectivity index (χ4v) is 12.0. The second kappa shape index (κ2) is 12.7. The molecule has 0 aromatic carbocycles. The Morgan fingerprint density at radius 1 is 1.09 bits per heavy atom. The van der Waals surface area contributed by atoms with Gasteiger partial charge in [-0.1, -0.05) is 34.1 Å². The zero-order chi connectivity index (χ0) is 33.0. The van der Waals surface area contributed by atoms with Crippen LogP contribution in [0.1, 0.15) is 79.1 Å². The maximum Gasteiger partial charge on any atom is 0.368 e. The molecule has 5 fully saturated rings. The molecule has 0 radical (unpaired) electrons. The van der Waals surface area contributed by atoms with Gasteiger partial charge in [0.2, 0.25) is 14.9 Å². The first-order valence-electron chi connectivity index (χ1n) is 17.5. The zero-order valence-electron chi connectivity index (χ0n) is 27.9. The monoisotopic (exact) mass is 659 g/mol. The van der Waals surface area contributed by atoms with Gasteiger partial charge in [-0.25, -0.2) is 18.2 Å². The van der Waals surface area contributed by atoms with E-state index in [2.05, 4.69) is 32.7 Å². The Labute approximate surface area is 274 Å². The third kappa shape index (κ3) is 5.60. The number of anilines is 1. The van der Waals surface area contributed by atoms with E-state index in [0.717, 1.165) is 51.4 Å². The smallest absolute Gasteiger partial charge is 0.368 e. The maximum atomic E-state index is 13.1. The van der Waals surface area contributed by atoms with Gasteiger partial charge in [-0.15, -0.1) is 0 Å². The SMILES string of the molecule is CC[C@@H]1C2C[C@H](O)CCC2(C)C2CCC3(C)C(CCC3[C@H](C)COC(=O)C(=N)S(=O)(=O)c3ccc(N4CCOCC4)nc3)C2[C@@H]1O. The number of fused-ring (bicyclic) bond motifs is 5. The molecule has 11 heteroatoms. The van der Waals surface area contributed by atoms with Crippen molar-refractivity contribution >= 4 is 26.7 Å². The third-order valence-corrected chi connectivity index (χ3v) is 15.0. The number of hydrogen-bond donors (Lipinski definition) is 3. The van der Waals surface area contributed by atoms with E-state index in [9.17, 15) is 23.4 Å². The molecule has 5 aliphatic rings. The molecule has 3 N–H and O–H groups in total. The summed E-state index contributed by atoms with van der Waals surface area (Å²) in [5, 5.41) is 29.6. The molecule has 1 aromatic heterocycles.